The van der Waals surface area contributed by atoms with Crippen molar-refractivity contribution >= 4 is 35.8 Å². The van der Waals surface area contributed by atoms with E-state index < -0.39 is 53.9 Å². The number of nitrogens with one attached hydrogen (secondary N) is 4. The van der Waals surface area contributed by atoms with Crippen LogP contribution in [0.3, 0.4) is 0 Å². The molecule has 4 atom stereocenters. The second kappa shape index (κ2) is 20.9. The number of pyridine rings is 2. The zero-order valence-corrected chi connectivity index (χ0v) is 31.1. The van der Waals surface area contributed by atoms with Crippen LogP contribution in [0.1, 0.15) is 49.9 Å². The Morgan fingerprint density at radius 1 is 0.574 bits per heavy atom. The normalized spacial score (nSPS) is 14.3. The van der Waals surface area contributed by atoms with Gasteiger partial charge in [0.15, 0.2) is 0 Å². The van der Waals surface area contributed by atoms with Crippen molar-refractivity contribution in [3.8, 4) is 0 Å². The van der Waals surface area contributed by atoms with Crippen LogP contribution in [0.25, 0.3) is 12.2 Å². The quantitative estimate of drug-likeness (QED) is 0.0954. The molecule has 0 aliphatic heterocycles. The van der Waals surface area contributed by atoms with Crippen LogP contribution in [-0.2, 0) is 32.0 Å². The van der Waals surface area contributed by atoms with Gasteiger partial charge in [-0.2, -0.15) is 0 Å². The molecule has 4 aromatic rings. The lowest BCUT2D eigenvalue weighted by Gasteiger charge is -2.34. The predicted octanol–water partition coefficient (Wildman–Crippen LogP) is 4.30. The van der Waals surface area contributed by atoms with Crippen LogP contribution in [0.4, 0.5) is 0 Å². The standard InChI is InChI=1S/C43H50N6O5/c1-29(2)39(48-37(50)21-19-33-17-11-23-44-27-33)42(53)46-35(25-31-13-7-5-8-14-31)41(52)36(26-32-15-9-6-10-16-32)47-43(54)40(30(3)4)49-38(51)22-20-34-18-12-24-45-28-34/h5-24,27-30,35-36,39-41,52H,25-26H2,1-4H3,(H,46,53)(H,47,54)(H,48,50)(H,49,51)/t35?,36?,39-,40-,41?/m0/s1. The molecule has 4 amide bonds. The summed E-state index contributed by atoms with van der Waals surface area (Å²) in [6, 6.07) is 22.3. The number of aliphatic hydroxyl groups is 1. The van der Waals surface area contributed by atoms with E-state index in [1.54, 1.807) is 49.1 Å². The third kappa shape index (κ3) is 13.2. The van der Waals surface area contributed by atoms with Crippen LogP contribution in [-0.4, -0.2) is 69.0 Å². The minimum absolute atomic E-state index is 0.234. The van der Waals surface area contributed by atoms with Crippen molar-refractivity contribution in [2.24, 2.45) is 11.8 Å². The zero-order valence-electron chi connectivity index (χ0n) is 31.1. The summed E-state index contributed by atoms with van der Waals surface area (Å²) in [5.74, 6) is -2.47. The van der Waals surface area contributed by atoms with Gasteiger partial charge in [-0.05, 0) is 71.2 Å². The Balaban J connectivity index is 1.58. The first-order valence-electron chi connectivity index (χ1n) is 18.1. The Morgan fingerprint density at radius 2 is 0.963 bits per heavy atom. The van der Waals surface area contributed by atoms with E-state index >= 15 is 0 Å². The average Bonchev–Trinajstić information content (AvgIpc) is 3.17. The first-order valence-corrected chi connectivity index (χ1v) is 18.1. The van der Waals surface area contributed by atoms with Gasteiger partial charge < -0.3 is 26.4 Å². The van der Waals surface area contributed by atoms with E-state index in [9.17, 15) is 24.3 Å². The van der Waals surface area contributed by atoms with Gasteiger partial charge in [0.05, 0.1) is 18.2 Å². The topological polar surface area (TPSA) is 162 Å². The summed E-state index contributed by atoms with van der Waals surface area (Å²) < 4.78 is 0. The summed E-state index contributed by atoms with van der Waals surface area (Å²) >= 11 is 0. The highest BCUT2D eigenvalue weighted by molar-refractivity contribution is 5.96. The smallest absolute Gasteiger partial charge is 0.244 e. The van der Waals surface area contributed by atoms with Crippen LogP contribution in [0.2, 0.25) is 0 Å². The van der Waals surface area contributed by atoms with Crippen LogP contribution < -0.4 is 21.3 Å². The minimum Gasteiger partial charge on any atom is -0.389 e. The van der Waals surface area contributed by atoms with Crippen molar-refractivity contribution in [3.63, 3.8) is 0 Å². The van der Waals surface area contributed by atoms with Crippen LogP contribution in [0.5, 0.6) is 0 Å². The molecule has 5 N–H and O–H groups in total. The second-order valence-corrected chi connectivity index (χ2v) is 13.8. The van der Waals surface area contributed by atoms with Gasteiger partial charge in [0.1, 0.15) is 12.1 Å². The number of hydrogen-bond acceptors (Lipinski definition) is 7. The highest BCUT2D eigenvalue weighted by atomic mass is 16.3. The van der Waals surface area contributed by atoms with Gasteiger partial charge >= 0.3 is 0 Å². The van der Waals surface area contributed by atoms with E-state index in [4.69, 9.17) is 0 Å². The molecule has 0 bridgehead atoms. The van der Waals surface area contributed by atoms with Crippen molar-refractivity contribution in [1.82, 2.24) is 31.2 Å². The van der Waals surface area contributed by atoms with Crippen molar-refractivity contribution in [3.05, 3.63) is 144 Å². The Morgan fingerprint density at radius 3 is 1.30 bits per heavy atom. The molecule has 2 aromatic carbocycles. The molecule has 0 fully saturated rings. The van der Waals surface area contributed by atoms with Crippen LogP contribution in [0, 0.1) is 11.8 Å². The van der Waals surface area contributed by atoms with Gasteiger partial charge in [-0.15, -0.1) is 0 Å². The number of carbonyl (C=O) groups is 4. The number of aliphatic hydroxyl groups excluding tert-OH is 1. The van der Waals surface area contributed by atoms with E-state index in [-0.39, 0.29) is 24.7 Å². The van der Waals surface area contributed by atoms with Gasteiger partial charge in [-0.1, -0.05) is 100 Å². The number of carbonyl (C=O) groups excluding carboxylic acids is 4. The summed E-state index contributed by atoms with van der Waals surface area (Å²) in [6.45, 7) is 7.29. The van der Waals surface area contributed by atoms with Crippen molar-refractivity contribution < 1.29 is 24.3 Å². The lowest BCUT2D eigenvalue weighted by Crippen LogP contribution is -2.61. The van der Waals surface area contributed by atoms with Gasteiger partial charge in [-0.25, -0.2) is 0 Å². The summed E-state index contributed by atoms with van der Waals surface area (Å²) in [5.41, 5.74) is 3.17. The molecule has 282 valence electrons. The second-order valence-electron chi connectivity index (χ2n) is 13.8. The number of nitrogens with zero attached hydrogens (tertiary/aromatic N) is 2. The first kappa shape index (κ1) is 40.8. The molecule has 0 saturated carbocycles. The third-order valence-corrected chi connectivity index (χ3v) is 8.79. The van der Waals surface area contributed by atoms with Gasteiger partial charge in [-0.3, -0.25) is 29.1 Å². The monoisotopic (exact) mass is 730 g/mol. The van der Waals surface area contributed by atoms with Crippen LogP contribution >= 0.6 is 0 Å². The Bertz CT molecular complexity index is 1700. The van der Waals surface area contributed by atoms with E-state index in [1.807, 2.05) is 100 Å². The largest absolute Gasteiger partial charge is 0.389 e. The lowest BCUT2D eigenvalue weighted by atomic mass is 9.91. The molecule has 11 nitrogen and oxygen atoms in total. The summed E-state index contributed by atoms with van der Waals surface area (Å²) in [4.78, 5) is 61.9. The third-order valence-electron chi connectivity index (χ3n) is 8.79. The highest BCUT2D eigenvalue weighted by Gasteiger charge is 2.35. The van der Waals surface area contributed by atoms with Crippen molar-refractivity contribution in [2.75, 3.05) is 0 Å². The highest BCUT2D eigenvalue weighted by Crippen LogP contribution is 2.16. The summed E-state index contributed by atoms with van der Waals surface area (Å²) in [7, 11) is 0. The van der Waals surface area contributed by atoms with Crippen molar-refractivity contribution in [2.45, 2.75) is 70.8 Å². The van der Waals surface area contributed by atoms with Crippen molar-refractivity contribution in [1.29, 1.82) is 0 Å². The zero-order chi connectivity index (χ0) is 38.9. The molecule has 2 heterocycles. The van der Waals surface area contributed by atoms with E-state index in [2.05, 4.69) is 31.2 Å². The Kier molecular flexibility index (Phi) is 15.8. The Hall–Kier alpha value is -5.94. The maximum atomic E-state index is 14.0. The summed E-state index contributed by atoms with van der Waals surface area (Å²) in [5, 5.41) is 23.8. The average molecular weight is 731 g/mol. The lowest BCUT2D eigenvalue weighted by molar-refractivity contribution is -0.130. The molecule has 0 aliphatic carbocycles. The van der Waals surface area contributed by atoms with Gasteiger partial charge in [0, 0.05) is 36.9 Å². The van der Waals surface area contributed by atoms with Crippen LogP contribution in [0.15, 0.2) is 122 Å². The molecule has 0 aliphatic rings. The summed E-state index contributed by atoms with van der Waals surface area (Å²) in [6.07, 6.45) is 11.6. The molecule has 0 saturated heterocycles. The number of benzene rings is 2. The molecular formula is C43H50N6O5. The SMILES string of the molecule is CC(C)[C@H](NC(=O)C=Cc1cccnc1)C(=O)NC(Cc1ccccc1)C(O)C(Cc1ccccc1)NC(=O)[C@@H](NC(=O)C=Cc1cccnc1)C(C)C. The van der Waals surface area contributed by atoms with E-state index in [0.717, 1.165) is 22.3 Å². The fraction of sp³-hybridized carbons (Fsp3) is 0.302. The number of rotatable bonds is 18. The molecule has 0 radical (unpaired) electrons. The maximum absolute atomic E-state index is 14.0. The first-order chi connectivity index (χ1) is 26.0. The maximum Gasteiger partial charge on any atom is 0.244 e. The van der Waals surface area contributed by atoms with E-state index in [0.29, 0.717) is 0 Å². The molecular weight excluding hydrogens is 681 g/mol. The molecule has 54 heavy (non-hydrogen) atoms. The molecule has 4 rings (SSSR count). The molecule has 2 aromatic heterocycles. The molecule has 11 heteroatoms. The van der Waals surface area contributed by atoms with E-state index in [1.165, 1.54) is 12.2 Å². The molecule has 2 unspecified atom stereocenters. The fourth-order valence-electron chi connectivity index (χ4n) is 5.84. The Labute approximate surface area is 317 Å². The van der Waals surface area contributed by atoms with Gasteiger partial charge in [0.25, 0.3) is 0 Å². The fourth-order valence-corrected chi connectivity index (χ4v) is 5.84. The predicted molar refractivity (Wildman–Crippen MR) is 210 cm³/mol. The van der Waals surface area contributed by atoms with Gasteiger partial charge in [0.2, 0.25) is 23.6 Å². The number of aromatic nitrogens is 2. The molecule has 0 spiro atoms. The minimum atomic E-state index is -1.29. The number of hydrogen-bond donors (Lipinski definition) is 5. The number of amides is 4.